The predicted octanol–water partition coefficient (Wildman–Crippen LogP) is 2.26. The SMILES string of the molecule is Cn1nccc1CCC1Cc2ccccc2C1O. The number of fused-ring (bicyclic) bond motifs is 1. The lowest BCUT2D eigenvalue weighted by molar-refractivity contribution is 0.118. The topological polar surface area (TPSA) is 38.0 Å². The Morgan fingerprint density at radius 1 is 1.33 bits per heavy atom. The average molecular weight is 242 g/mol. The molecule has 2 atom stereocenters. The summed E-state index contributed by atoms with van der Waals surface area (Å²) < 4.78 is 1.91. The van der Waals surface area contributed by atoms with Gasteiger partial charge >= 0.3 is 0 Å². The molecule has 0 fully saturated rings. The molecule has 0 aliphatic heterocycles. The molecule has 1 aliphatic rings. The molecule has 0 bridgehead atoms. The molecule has 0 spiro atoms. The van der Waals surface area contributed by atoms with Crippen molar-refractivity contribution in [2.45, 2.75) is 25.4 Å². The zero-order valence-electron chi connectivity index (χ0n) is 10.6. The van der Waals surface area contributed by atoms with E-state index < -0.39 is 0 Å². The van der Waals surface area contributed by atoms with E-state index in [0.29, 0.717) is 5.92 Å². The minimum Gasteiger partial charge on any atom is -0.388 e. The van der Waals surface area contributed by atoms with Crippen molar-refractivity contribution < 1.29 is 5.11 Å². The number of aliphatic hydroxyl groups excluding tert-OH is 1. The van der Waals surface area contributed by atoms with E-state index in [9.17, 15) is 5.11 Å². The lowest BCUT2D eigenvalue weighted by Gasteiger charge is -2.14. The van der Waals surface area contributed by atoms with Gasteiger partial charge in [0.15, 0.2) is 0 Å². The number of aromatic nitrogens is 2. The van der Waals surface area contributed by atoms with E-state index >= 15 is 0 Å². The molecule has 18 heavy (non-hydrogen) atoms. The summed E-state index contributed by atoms with van der Waals surface area (Å²) in [5, 5.41) is 14.5. The van der Waals surface area contributed by atoms with Crippen LogP contribution in [0, 0.1) is 5.92 Å². The van der Waals surface area contributed by atoms with Crippen LogP contribution in [0.2, 0.25) is 0 Å². The molecule has 1 aliphatic carbocycles. The molecule has 3 rings (SSSR count). The van der Waals surface area contributed by atoms with Crippen molar-refractivity contribution in [1.82, 2.24) is 9.78 Å². The maximum Gasteiger partial charge on any atom is 0.0824 e. The molecule has 1 aromatic heterocycles. The average Bonchev–Trinajstić information content (AvgIpc) is 2.92. The molecule has 0 amide bonds. The molecule has 2 aromatic rings. The van der Waals surface area contributed by atoms with E-state index in [4.69, 9.17) is 0 Å². The van der Waals surface area contributed by atoms with E-state index in [1.807, 2.05) is 30.1 Å². The third-order valence-corrected chi connectivity index (χ3v) is 4.00. The lowest BCUT2D eigenvalue weighted by Crippen LogP contribution is -2.09. The molecule has 3 nitrogen and oxygen atoms in total. The first-order valence-electron chi connectivity index (χ1n) is 6.48. The third-order valence-electron chi connectivity index (χ3n) is 4.00. The number of aryl methyl sites for hydroxylation is 2. The maximum absolute atomic E-state index is 10.3. The highest BCUT2D eigenvalue weighted by atomic mass is 16.3. The fourth-order valence-corrected chi connectivity index (χ4v) is 2.90. The van der Waals surface area contributed by atoms with Gasteiger partial charge in [-0.15, -0.1) is 0 Å². The zero-order valence-corrected chi connectivity index (χ0v) is 10.6. The minimum absolute atomic E-state index is 0.297. The normalized spacial score (nSPS) is 22.1. The van der Waals surface area contributed by atoms with Crippen LogP contribution in [0.15, 0.2) is 36.5 Å². The first kappa shape index (κ1) is 11.5. The molecule has 1 heterocycles. The molecule has 0 radical (unpaired) electrons. The van der Waals surface area contributed by atoms with Gasteiger partial charge < -0.3 is 5.11 Å². The van der Waals surface area contributed by atoms with Crippen molar-refractivity contribution in [3.8, 4) is 0 Å². The van der Waals surface area contributed by atoms with Crippen LogP contribution in [0.4, 0.5) is 0 Å². The first-order valence-corrected chi connectivity index (χ1v) is 6.48. The Balaban J connectivity index is 1.68. The van der Waals surface area contributed by atoms with Crippen LogP contribution < -0.4 is 0 Å². The highest BCUT2D eigenvalue weighted by Crippen LogP contribution is 2.38. The van der Waals surface area contributed by atoms with Crippen LogP contribution in [0.25, 0.3) is 0 Å². The second-order valence-corrected chi connectivity index (χ2v) is 5.09. The smallest absolute Gasteiger partial charge is 0.0824 e. The summed E-state index contributed by atoms with van der Waals surface area (Å²) in [5.41, 5.74) is 3.66. The van der Waals surface area contributed by atoms with Gasteiger partial charge in [0, 0.05) is 18.9 Å². The Morgan fingerprint density at radius 2 is 2.17 bits per heavy atom. The van der Waals surface area contributed by atoms with Gasteiger partial charge in [0.2, 0.25) is 0 Å². The van der Waals surface area contributed by atoms with Gasteiger partial charge in [-0.1, -0.05) is 24.3 Å². The first-order chi connectivity index (χ1) is 8.75. The van der Waals surface area contributed by atoms with Crippen LogP contribution >= 0.6 is 0 Å². The molecule has 1 N–H and O–H groups in total. The molecule has 3 heteroatoms. The zero-order chi connectivity index (χ0) is 12.5. The van der Waals surface area contributed by atoms with Gasteiger partial charge in [0.05, 0.1) is 6.10 Å². The van der Waals surface area contributed by atoms with E-state index in [2.05, 4.69) is 23.3 Å². The maximum atomic E-state index is 10.3. The summed E-state index contributed by atoms with van der Waals surface area (Å²) in [4.78, 5) is 0. The summed E-state index contributed by atoms with van der Waals surface area (Å²) >= 11 is 0. The van der Waals surface area contributed by atoms with Gasteiger partial charge in [0.1, 0.15) is 0 Å². The predicted molar refractivity (Wildman–Crippen MR) is 70.1 cm³/mol. The van der Waals surface area contributed by atoms with Crippen molar-refractivity contribution >= 4 is 0 Å². The number of nitrogens with zero attached hydrogens (tertiary/aromatic N) is 2. The van der Waals surface area contributed by atoms with Crippen molar-refractivity contribution in [3.05, 3.63) is 53.3 Å². The van der Waals surface area contributed by atoms with Crippen LogP contribution in [0.1, 0.15) is 29.3 Å². The molecule has 2 unspecified atom stereocenters. The second kappa shape index (κ2) is 4.58. The van der Waals surface area contributed by atoms with Gasteiger partial charge in [-0.05, 0) is 42.4 Å². The van der Waals surface area contributed by atoms with E-state index in [0.717, 1.165) is 24.8 Å². The molecule has 94 valence electrons. The molecular weight excluding hydrogens is 224 g/mol. The van der Waals surface area contributed by atoms with Gasteiger partial charge in [-0.25, -0.2) is 0 Å². The van der Waals surface area contributed by atoms with Gasteiger partial charge in [0.25, 0.3) is 0 Å². The Hall–Kier alpha value is -1.61. The molecule has 0 saturated carbocycles. The number of hydrogen-bond donors (Lipinski definition) is 1. The summed E-state index contributed by atoms with van der Waals surface area (Å²) in [5.74, 6) is 0.345. The Morgan fingerprint density at radius 3 is 2.89 bits per heavy atom. The summed E-state index contributed by atoms with van der Waals surface area (Å²) in [6.07, 6.45) is 4.51. The molecular formula is C15H18N2O. The fraction of sp³-hybridized carbons (Fsp3) is 0.400. The summed E-state index contributed by atoms with van der Waals surface area (Å²) in [6.45, 7) is 0. The summed E-state index contributed by atoms with van der Waals surface area (Å²) in [7, 11) is 1.97. The number of rotatable bonds is 3. The van der Waals surface area contributed by atoms with Crippen LogP contribution in [-0.4, -0.2) is 14.9 Å². The lowest BCUT2D eigenvalue weighted by atomic mass is 9.97. The highest BCUT2D eigenvalue weighted by Gasteiger charge is 2.30. The number of aliphatic hydroxyl groups is 1. The van der Waals surface area contributed by atoms with E-state index in [1.54, 1.807) is 0 Å². The molecule has 0 saturated heterocycles. The quantitative estimate of drug-likeness (QED) is 0.896. The largest absolute Gasteiger partial charge is 0.388 e. The van der Waals surface area contributed by atoms with Crippen molar-refractivity contribution in [2.24, 2.45) is 13.0 Å². The van der Waals surface area contributed by atoms with Crippen LogP contribution in [0.5, 0.6) is 0 Å². The van der Waals surface area contributed by atoms with Gasteiger partial charge in [-0.2, -0.15) is 5.10 Å². The Labute approximate surface area is 107 Å². The van der Waals surface area contributed by atoms with E-state index in [1.165, 1.54) is 11.3 Å². The van der Waals surface area contributed by atoms with Crippen molar-refractivity contribution in [1.29, 1.82) is 0 Å². The van der Waals surface area contributed by atoms with Crippen LogP contribution in [-0.2, 0) is 19.9 Å². The van der Waals surface area contributed by atoms with Crippen LogP contribution in [0.3, 0.4) is 0 Å². The Bertz CT molecular complexity index is 547. The monoisotopic (exact) mass is 242 g/mol. The van der Waals surface area contributed by atoms with Crippen molar-refractivity contribution in [2.75, 3.05) is 0 Å². The number of benzene rings is 1. The third kappa shape index (κ3) is 1.95. The van der Waals surface area contributed by atoms with Gasteiger partial charge in [-0.3, -0.25) is 4.68 Å². The van der Waals surface area contributed by atoms with Crippen molar-refractivity contribution in [3.63, 3.8) is 0 Å². The highest BCUT2D eigenvalue weighted by molar-refractivity contribution is 5.34. The summed E-state index contributed by atoms with van der Waals surface area (Å²) in [6, 6.07) is 10.3. The molecule has 1 aromatic carbocycles. The van der Waals surface area contributed by atoms with E-state index in [-0.39, 0.29) is 6.10 Å². The number of hydrogen-bond acceptors (Lipinski definition) is 2. The Kier molecular flexibility index (Phi) is 2.92. The minimum atomic E-state index is -0.297. The standard InChI is InChI=1S/C15H18N2O/c1-17-13(8-9-16-17)7-6-12-10-11-4-2-3-5-14(11)15(12)18/h2-5,8-9,12,15,18H,6-7,10H2,1H3. The second-order valence-electron chi connectivity index (χ2n) is 5.09. The fourth-order valence-electron chi connectivity index (χ4n) is 2.90.